The van der Waals surface area contributed by atoms with E-state index < -0.39 is 17.6 Å². The van der Waals surface area contributed by atoms with Gasteiger partial charge in [0.1, 0.15) is 0 Å². The SMILES string of the molecule is COc1ccc(-c2cc(COCC3(c4ccccc4)CCNCC3)cc(C(F)(F)F)c2)cc1F. The Balaban J connectivity index is 1.59. The molecule has 180 valence electrons. The first kappa shape index (κ1) is 24.2. The summed E-state index contributed by atoms with van der Waals surface area (Å²) in [5, 5.41) is 3.36. The summed E-state index contributed by atoms with van der Waals surface area (Å²) < 4.78 is 66.0. The van der Waals surface area contributed by atoms with Crippen molar-refractivity contribution in [3.05, 3.63) is 89.2 Å². The van der Waals surface area contributed by atoms with Crippen molar-refractivity contribution in [1.82, 2.24) is 5.32 Å². The Labute approximate surface area is 196 Å². The van der Waals surface area contributed by atoms with E-state index in [2.05, 4.69) is 17.4 Å². The van der Waals surface area contributed by atoms with Crippen molar-refractivity contribution in [3.63, 3.8) is 0 Å². The summed E-state index contributed by atoms with van der Waals surface area (Å²) in [4.78, 5) is 0. The van der Waals surface area contributed by atoms with Crippen LogP contribution in [0.3, 0.4) is 0 Å². The number of alkyl halides is 3. The maximum absolute atomic E-state index is 14.2. The molecule has 1 fully saturated rings. The van der Waals surface area contributed by atoms with Crippen LogP contribution in [0.1, 0.15) is 29.5 Å². The third kappa shape index (κ3) is 5.42. The van der Waals surface area contributed by atoms with Crippen LogP contribution in [0.15, 0.2) is 66.7 Å². The molecule has 0 bridgehead atoms. The van der Waals surface area contributed by atoms with E-state index >= 15 is 0 Å². The Morgan fingerprint density at radius 1 is 0.912 bits per heavy atom. The molecule has 1 saturated heterocycles. The fourth-order valence-electron chi connectivity index (χ4n) is 4.53. The molecule has 1 aliphatic rings. The summed E-state index contributed by atoms with van der Waals surface area (Å²) in [5.74, 6) is -0.599. The Hall–Kier alpha value is -2.90. The van der Waals surface area contributed by atoms with Crippen molar-refractivity contribution in [1.29, 1.82) is 0 Å². The number of ether oxygens (including phenoxy) is 2. The highest BCUT2D eigenvalue weighted by molar-refractivity contribution is 5.66. The molecule has 0 aromatic heterocycles. The molecule has 7 heteroatoms. The predicted octanol–water partition coefficient (Wildman–Crippen LogP) is 6.36. The van der Waals surface area contributed by atoms with Gasteiger partial charge in [0.05, 0.1) is 25.9 Å². The Morgan fingerprint density at radius 2 is 1.65 bits per heavy atom. The van der Waals surface area contributed by atoms with Gasteiger partial charge in [0.2, 0.25) is 0 Å². The molecule has 3 aromatic rings. The quantitative estimate of drug-likeness (QED) is 0.405. The topological polar surface area (TPSA) is 30.5 Å². The van der Waals surface area contributed by atoms with Gasteiger partial charge in [-0.1, -0.05) is 36.4 Å². The predicted molar refractivity (Wildman–Crippen MR) is 123 cm³/mol. The van der Waals surface area contributed by atoms with E-state index in [0.717, 1.165) is 38.1 Å². The van der Waals surface area contributed by atoms with Gasteiger partial charge in [0.15, 0.2) is 11.6 Å². The normalized spacial score (nSPS) is 15.8. The third-order valence-electron chi connectivity index (χ3n) is 6.40. The minimum atomic E-state index is -4.53. The summed E-state index contributed by atoms with van der Waals surface area (Å²) in [7, 11) is 1.34. The van der Waals surface area contributed by atoms with Gasteiger partial charge in [-0.3, -0.25) is 0 Å². The van der Waals surface area contributed by atoms with Crippen LogP contribution in [0.4, 0.5) is 17.6 Å². The smallest absolute Gasteiger partial charge is 0.416 e. The molecule has 3 nitrogen and oxygen atoms in total. The highest BCUT2D eigenvalue weighted by Gasteiger charge is 2.34. The Bertz CT molecular complexity index is 1110. The van der Waals surface area contributed by atoms with Crippen molar-refractivity contribution < 1.29 is 27.0 Å². The zero-order valence-electron chi connectivity index (χ0n) is 18.9. The molecule has 0 aliphatic carbocycles. The van der Waals surface area contributed by atoms with Crippen molar-refractivity contribution in [3.8, 4) is 16.9 Å². The maximum Gasteiger partial charge on any atom is 0.416 e. The highest BCUT2D eigenvalue weighted by Crippen LogP contribution is 2.36. The van der Waals surface area contributed by atoms with Gasteiger partial charge in [0.25, 0.3) is 0 Å². The van der Waals surface area contributed by atoms with Crippen LogP contribution in [-0.2, 0) is 22.9 Å². The lowest BCUT2D eigenvalue weighted by Gasteiger charge is -2.38. The van der Waals surface area contributed by atoms with E-state index in [0.29, 0.717) is 17.7 Å². The lowest BCUT2D eigenvalue weighted by Crippen LogP contribution is -2.43. The van der Waals surface area contributed by atoms with E-state index in [4.69, 9.17) is 9.47 Å². The summed E-state index contributed by atoms with van der Waals surface area (Å²) in [6.45, 7) is 2.14. The molecule has 3 aromatic carbocycles. The molecule has 0 unspecified atom stereocenters. The van der Waals surface area contributed by atoms with Gasteiger partial charge < -0.3 is 14.8 Å². The van der Waals surface area contributed by atoms with Crippen molar-refractivity contribution >= 4 is 0 Å². The lowest BCUT2D eigenvalue weighted by atomic mass is 9.74. The van der Waals surface area contributed by atoms with Crippen LogP contribution < -0.4 is 10.1 Å². The minimum Gasteiger partial charge on any atom is -0.494 e. The Kier molecular flexibility index (Phi) is 7.24. The molecule has 4 rings (SSSR count). The summed E-state index contributed by atoms with van der Waals surface area (Å²) in [6, 6.07) is 18.0. The molecule has 1 heterocycles. The fraction of sp³-hybridized carbons (Fsp3) is 0.333. The first-order chi connectivity index (χ1) is 16.3. The Morgan fingerprint density at radius 3 is 2.29 bits per heavy atom. The van der Waals surface area contributed by atoms with Crippen molar-refractivity contribution in [2.75, 3.05) is 26.8 Å². The molecular formula is C27H27F4NO2. The van der Waals surface area contributed by atoms with Crippen LogP contribution in [0.25, 0.3) is 11.1 Å². The van der Waals surface area contributed by atoms with E-state index in [-0.39, 0.29) is 23.3 Å². The van der Waals surface area contributed by atoms with E-state index in [1.807, 2.05) is 18.2 Å². The average Bonchev–Trinajstić information content (AvgIpc) is 2.84. The molecule has 0 saturated carbocycles. The first-order valence-electron chi connectivity index (χ1n) is 11.2. The molecular weight excluding hydrogens is 446 g/mol. The number of benzene rings is 3. The van der Waals surface area contributed by atoms with Crippen molar-refractivity contribution in [2.45, 2.75) is 31.0 Å². The highest BCUT2D eigenvalue weighted by atomic mass is 19.4. The van der Waals surface area contributed by atoms with E-state index in [9.17, 15) is 17.6 Å². The van der Waals surface area contributed by atoms with Gasteiger partial charge in [-0.05, 0) is 78.5 Å². The number of methoxy groups -OCH3 is 1. The molecule has 1 aliphatic heterocycles. The summed E-state index contributed by atoms with van der Waals surface area (Å²) in [5.41, 5.74) is 1.20. The van der Waals surface area contributed by atoms with Gasteiger partial charge in [0, 0.05) is 5.41 Å². The molecule has 0 atom stereocenters. The second kappa shape index (κ2) is 10.2. The number of hydrogen-bond donors (Lipinski definition) is 1. The fourth-order valence-corrected chi connectivity index (χ4v) is 4.53. The summed E-state index contributed by atoms with van der Waals surface area (Å²) in [6.07, 6.45) is -2.76. The standard InChI is InChI=1S/C27H27F4NO2/c1-33-25-8-7-20(16-24(25)28)21-13-19(14-23(15-21)27(29,30)31)17-34-18-26(9-11-32-12-10-26)22-5-3-2-4-6-22/h2-8,13-16,32H,9-12,17-18H2,1H3. The number of nitrogens with one attached hydrogen (secondary N) is 1. The number of halogens is 4. The second-order valence-electron chi connectivity index (χ2n) is 8.65. The largest absolute Gasteiger partial charge is 0.494 e. The van der Waals surface area contributed by atoms with Crippen LogP contribution in [0.5, 0.6) is 5.75 Å². The van der Waals surface area contributed by atoms with Crippen molar-refractivity contribution in [2.24, 2.45) is 0 Å². The average molecular weight is 474 g/mol. The van der Waals surface area contributed by atoms with Crippen LogP contribution >= 0.6 is 0 Å². The first-order valence-corrected chi connectivity index (χ1v) is 11.2. The zero-order chi connectivity index (χ0) is 24.2. The molecule has 1 N–H and O–H groups in total. The summed E-state index contributed by atoms with van der Waals surface area (Å²) >= 11 is 0. The number of rotatable bonds is 7. The van der Waals surface area contributed by atoms with Gasteiger partial charge >= 0.3 is 6.18 Å². The second-order valence-corrected chi connectivity index (χ2v) is 8.65. The maximum atomic E-state index is 14.2. The van der Waals surface area contributed by atoms with Crippen LogP contribution in [-0.4, -0.2) is 26.8 Å². The lowest BCUT2D eigenvalue weighted by molar-refractivity contribution is -0.137. The molecule has 0 radical (unpaired) electrons. The van der Waals surface area contributed by atoms with E-state index in [1.165, 1.54) is 24.8 Å². The van der Waals surface area contributed by atoms with Gasteiger partial charge in [-0.25, -0.2) is 4.39 Å². The van der Waals surface area contributed by atoms with Crippen LogP contribution in [0.2, 0.25) is 0 Å². The van der Waals surface area contributed by atoms with Crippen LogP contribution in [0, 0.1) is 5.82 Å². The molecule has 0 spiro atoms. The van der Waals surface area contributed by atoms with E-state index in [1.54, 1.807) is 12.1 Å². The molecule has 34 heavy (non-hydrogen) atoms. The minimum absolute atomic E-state index is 0.0254. The number of piperidine rings is 1. The van der Waals surface area contributed by atoms with Gasteiger partial charge in [-0.2, -0.15) is 13.2 Å². The van der Waals surface area contributed by atoms with Gasteiger partial charge in [-0.15, -0.1) is 0 Å². The monoisotopic (exact) mass is 473 g/mol. The molecule has 0 amide bonds. The number of hydrogen-bond acceptors (Lipinski definition) is 3. The zero-order valence-corrected chi connectivity index (χ0v) is 18.9. The third-order valence-corrected chi connectivity index (χ3v) is 6.40.